The molecule has 0 radical (unpaired) electrons. The molecule has 0 aromatic rings. The predicted octanol–water partition coefficient (Wildman–Crippen LogP) is 2.34. The Hall–Kier alpha value is 0.660. The van der Waals surface area contributed by atoms with Gasteiger partial charge < -0.3 is 5.32 Å². The van der Waals surface area contributed by atoms with Gasteiger partial charge in [0.2, 0.25) is 0 Å². The monoisotopic (exact) mass is 165 g/mol. The minimum absolute atomic E-state index is 0.223. The molecule has 9 heavy (non-hydrogen) atoms. The van der Waals surface area contributed by atoms with Crippen molar-refractivity contribution in [3.8, 4) is 0 Å². The van der Waals surface area contributed by atoms with Crippen molar-refractivity contribution in [3.63, 3.8) is 0 Å². The van der Waals surface area contributed by atoms with E-state index in [-0.39, 0.29) is 4.87 Å². The van der Waals surface area contributed by atoms with Gasteiger partial charge in [-0.25, -0.2) is 0 Å². The average molecular weight is 165 g/mol. The maximum absolute atomic E-state index is 3.22. The van der Waals surface area contributed by atoms with Crippen LogP contribution in [-0.4, -0.2) is 17.7 Å². The quantitative estimate of drug-likeness (QED) is 0.507. The van der Waals surface area contributed by atoms with Crippen LogP contribution in [0.4, 0.5) is 0 Å². The molecule has 0 amide bonds. The first-order chi connectivity index (χ1) is 4.12. The van der Waals surface area contributed by atoms with E-state index in [0.717, 1.165) is 0 Å². The summed E-state index contributed by atoms with van der Waals surface area (Å²) in [6.45, 7) is 6.53. The summed E-state index contributed by atoms with van der Waals surface area (Å²) in [7, 11) is 5.77. The fourth-order valence-corrected chi connectivity index (χ4v) is 2.23. The zero-order chi connectivity index (χ0) is 7.33. The molecule has 0 atom stereocenters. The smallest absolute Gasteiger partial charge is 0.0689 e. The molecule has 0 heterocycles. The summed E-state index contributed by atoms with van der Waals surface area (Å²) in [5.41, 5.74) is 0. The molecule has 1 N–H and O–H groups in total. The van der Waals surface area contributed by atoms with Gasteiger partial charge in [-0.1, -0.05) is 28.5 Å². The van der Waals surface area contributed by atoms with Crippen LogP contribution >= 0.6 is 21.6 Å². The van der Waals surface area contributed by atoms with Crippen LogP contribution in [0.2, 0.25) is 0 Å². The van der Waals surface area contributed by atoms with Gasteiger partial charge in [0.25, 0.3) is 0 Å². The number of hydrogen-bond donors (Lipinski definition) is 1. The average Bonchev–Trinajstić information content (AvgIpc) is 1.84. The van der Waals surface area contributed by atoms with Crippen molar-refractivity contribution in [2.75, 3.05) is 12.8 Å². The molecule has 0 aliphatic heterocycles. The summed E-state index contributed by atoms with van der Waals surface area (Å²) in [5.74, 6) is 1.18. The Morgan fingerprint density at radius 3 is 2.33 bits per heavy atom. The van der Waals surface area contributed by atoms with Gasteiger partial charge in [-0.15, -0.1) is 0 Å². The van der Waals surface area contributed by atoms with E-state index >= 15 is 0 Å². The van der Waals surface area contributed by atoms with E-state index in [1.807, 2.05) is 28.6 Å². The van der Waals surface area contributed by atoms with Crippen molar-refractivity contribution < 1.29 is 0 Å². The van der Waals surface area contributed by atoms with Crippen molar-refractivity contribution in [3.05, 3.63) is 0 Å². The van der Waals surface area contributed by atoms with Crippen LogP contribution in [-0.2, 0) is 0 Å². The van der Waals surface area contributed by atoms with Crippen molar-refractivity contribution in [2.24, 2.45) is 0 Å². The molecule has 0 fully saturated rings. The van der Waals surface area contributed by atoms with E-state index in [9.17, 15) is 0 Å². The number of rotatable bonds is 4. The third-order valence-electron chi connectivity index (χ3n) is 0.987. The van der Waals surface area contributed by atoms with Crippen molar-refractivity contribution in [1.82, 2.24) is 5.32 Å². The first kappa shape index (κ1) is 9.66. The predicted molar refractivity (Wildman–Crippen MR) is 48.9 cm³/mol. The first-order valence-corrected chi connectivity index (χ1v) is 5.44. The van der Waals surface area contributed by atoms with Crippen LogP contribution in [0.25, 0.3) is 0 Å². The second-order valence-corrected chi connectivity index (χ2v) is 5.46. The summed E-state index contributed by atoms with van der Waals surface area (Å²) in [5, 5.41) is 3.22. The number of nitrogens with one attached hydrogen (secondary N) is 1. The number of hydrogen-bond acceptors (Lipinski definition) is 3. The zero-order valence-corrected chi connectivity index (χ0v) is 8.16. The van der Waals surface area contributed by atoms with Crippen LogP contribution < -0.4 is 5.32 Å². The highest BCUT2D eigenvalue weighted by molar-refractivity contribution is 8.77. The Labute approximate surface area is 65.8 Å². The molecule has 0 aromatic carbocycles. The third-order valence-corrected chi connectivity index (χ3v) is 4.27. The van der Waals surface area contributed by atoms with Crippen LogP contribution in [0, 0.1) is 0 Å². The minimum Gasteiger partial charge on any atom is -0.306 e. The van der Waals surface area contributed by atoms with Crippen molar-refractivity contribution in [1.29, 1.82) is 0 Å². The normalized spacial score (nSPS) is 12.0. The Balaban J connectivity index is 3.33. The van der Waals surface area contributed by atoms with Gasteiger partial charge in [0, 0.05) is 5.75 Å². The maximum atomic E-state index is 3.22. The molecule has 0 saturated heterocycles. The minimum atomic E-state index is 0.223. The third kappa shape index (κ3) is 5.12. The molecule has 0 aromatic heterocycles. The maximum Gasteiger partial charge on any atom is 0.0689 e. The summed E-state index contributed by atoms with van der Waals surface area (Å²) >= 11 is 0. The Kier molecular flexibility index (Phi) is 4.80. The Bertz CT molecular complexity index is 73.5. The van der Waals surface area contributed by atoms with Gasteiger partial charge in [0.1, 0.15) is 0 Å². The van der Waals surface area contributed by atoms with Gasteiger partial charge in [-0.2, -0.15) is 0 Å². The van der Waals surface area contributed by atoms with Gasteiger partial charge >= 0.3 is 0 Å². The van der Waals surface area contributed by atoms with Crippen LogP contribution in [0.15, 0.2) is 0 Å². The van der Waals surface area contributed by atoms with E-state index in [2.05, 4.69) is 26.1 Å². The standard InChI is InChI=1S/C6H15NS2/c1-5-8-9-6(2,3)7-4/h7H,5H2,1-4H3. The molecule has 3 heteroatoms. The highest BCUT2D eigenvalue weighted by Crippen LogP contribution is 2.32. The summed E-state index contributed by atoms with van der Waals surface area (Å²) < 4.78 is 0. The zero-order valence-electron chi connectivity index (χ0n) is 6.52. The summed E-state index contributed by atoms with van der Waals surface area (Å²) in [6.07, 6.45) is 0. The SMILES string of the molecule is CCSSC(C)(C)NC. The van der Waals surface area contributed by atoms with Crippen LogP contribution in [0.5, 0.6) is 0 Å². The molecule has 0 rings (SSSR count). The highest BCUT2D eigenvalue weighted by Gasteiger charge is 2.13. The van der Waals surface area contributed by atoms with Crippen molar-refractivity contribution in [2.45, 2.75) is 25.6 Å². The van der Waals surface area contributed by atoms with E-state index in [0.29, 0.717) is 0 Å². The fourth-order valence-electron chi connectivity index (χ4n) is 0.248. The second kappa shape index (κ2) is 4.47. The molecular formula is C6H15NS2. The van der Waals surface area contributed by atoms with Gasteiger partial charge in [-0.3, -0.25) is 0 Å². The lowest BCUT2D eigenvalue weighted by Gasteiger charge is -2.21. The van der Waals surface area contributed by atoms with Crippen LogP contribution in [0.3, 0.4) is 0 Å². The molecule has 56 valence electrons. The molecule has 0 saturated carbocycles. The molecule has 0 aliphatic carbocycles. The van der Waals surface area contributed by atoms with E-state index < -0.39 is 0 Å². The van der Waals surface area contributed by atoms with E-state index in [4.69, 9.17) is 0 Å². The Morgan fingerprint density at radius 2 is 2.00 bits per heavy atom. The van der Waals surface area contributed by atoms with Crippen LogP contribution in [0.1, 0.15) is 20.8 Å². The lowest BCUT2D eigenvalue weighted by atomic mass is 10.4. The first-order valence-electron chi connectivity index (χ1n) is 3.12. The molecule has 0 spiro atoms. The second-order valence-electron chi connectivity index (χ2n) is 2.25. The van der Waals surface area contributed by atoms with E-state index in [1.54, 1.807) is 0 Å². The summed E-state index contributed by atoms with van der Waals surface area (Å²) in [4.78, 5) is 0.223. The lowest BCUT2D eigenvalue weighted by Crippen LogP contribution is -2.31. The van der Waals surface area contributed by atoms with Gasteiger partial charge in [-0.05, 0) is 20.9 Å². The topological polar surface area (TPSA) is 12.0 Å². The molecule has 0 unspecified atom stereocenters. The molecule has 0 aliphatic rings. The van der Waals surface area contributed by atoms with Crippen molar-refractivity contribution >= 4 is 21.6 Å². The largest absolute Gasteiger partial charge is 0.306 e. The fraction of sp³-hybridized carbons (Fsp3) is 1.00. The molecule has 1 nitrogen and oxygen atoms in total. The summed E-state index contributed by atoms with van der Waals surface area (Å²) in [6, 6.07) is 0. The van der Waals surface area contributed by atoms with Gasteiger partial charge in [0.15, 0.2) is 0 Å². The molecule has 0 bridgehead atoms. The molecular weight excluding hydrogens is 150 g/mol. The van der Waals surface area contributed by atoms with Gasteiger partial charge in [0.05, 0.1) is 4.87 Å². The lowest BCUT2D eigenvalue weighted by molar-refractivity contribution is 0.613. The Morgan fingerprint density at radius 1 is 1.44 bits per heavy atom. The van der Waals surface area contributed by atoms with E-state index in [1.165, 1.54) is 5.75 Å². The highest BCUT2D eigenvalue weighted by atomic mass is 33.1.